The number of nitrogens with one attached hydrogen (secondary N) is 2. The van der Waals surface area contributed by atoms with E-state index in [9.17, 15) is 9.59 Å². The Labute approximate surface area is 161 Å². The van der Waals surface area contributed by atoms with Gasteiger partial charge in [-0.25, -0.2) is 0 Å². The predicted molar refractivity (Wildman–Crippen MR) is 102 cm³/mol. The van der Waals surface area contributed by atoms with Gasteiger partial charge < -0.3 is 15.5 Å². The van der Waals surface area contributed by atoms with Gasteiger partial charge in [0.1, 0.15) is 12.1 Å². The molecule has 26 heavy (non-hydrogen) atoms. The van der Waals surface area contributed by atoms with Crippen molar-refractivity contribution >= 4 is 34.8 Å². The molecule has 0 spiro atoms. The van der Waals surface area contributed by atoms with Gasteiger partial charge >= 0.3 is 0 Å². The highest BCUT2D eigenvalue weighted by Crippen LogP contribution is 2.24. The molecule has 0 aliphatic carbocycles. The maximum absolute atomic E-state index is 12.9. The summed E-state index contributed by atoms with van der Waals surface area (Å²) in [5, 5.41) is 9.08. The Kier molecular flexibility index (Phi) is 4.98. The fourth-order valence-electron chi connectivity index (χ4n) is 3.66. The van der Waals surface area contributed by atoms with Crippen molar-refractivity contribution < 1.29 is 9.59 Å². The number of carbonyl (C=O) groups is 2. The van der Waals surface area contributed by atoms with E-state index in [-0.39, 0.29) is 23.9 Å². The van der Waals surface area contributed by atoms with E-state index in [1.165, 1.54) is 4.88 Å². The first kappa shape index (κ1) is 17.5. The molecular formula is C19H20ClN3O2S. The minimum atomic E-state index is -0.504. The molecule has 2 N–H and O–H groups in total. The quantitative estimate of drug-likeness (QED) is 0.824. The summed E-state index contributed by atoms with van der Waals surface area (Å²) < 4.78 is 0. The minimum Gasteiger partial charge on any atom is -0.342 e. The smallest absolute Gasteiger partial charge is 0.246 e. The number of piperazine rings is 1. The SMILES string of the molecule is O=C1N[C@@H](Cc2ccc(Cl)cc2)C(=O)N2C[C@@H](NCc3cccs3)C[C@@H]12. The van der Waals surface area contributed by atoms with Crippen molar-refractivity contribution in [3.8, 4) is 0 Å². The molecule has 0 saturated carbocycles. The van der Waals surface area contributed by atoms with Crippen LogP contribution < -0.4 is 10.6 Å². The fraction of sp³-hybridized carbons (Fsp3) is 0.368. The summed E-state index contributed by atoms with van der Waals surface area (Å²) in [6.07, 6.45) is 1.15. The number of benzene rings is 1. The minimum absolute atomic E-state index is 0.00461. The Bertz CT molecular complexity index is 794. The topological polar surface area (TPSA) is 61.4 Å². The highest BCUT2D eigenvalue weighted by molar-refractivity contribution is 7.09. The number of hydrogen-bond acceptors (Lipinski definition) is 4. The highest BCUT2D eigenvalue weighted by Gasteiger charge is 2.46. The normalized spacial score (nSPS) is 25.3. The van der Waals surface area contributed by atoms with Crippen molar-refractivity contribution in [1.29, 1.82) is 0 Å². The summed E-state index contributed by atoms with van der Waals surface area (Å²) >= 11 is 7.61. The Morgan fingerprint density at radius 2 is 2.04 bits per heavy atom. The van der Waals surface area contributed by atoms with Crippen LogP contribution in [0.15, 0.2) is 41.8 Å². The van der Waals surface area contributed by atoms with E-state index >= 15 is 0 Å². The highest BCUT2D eigenvalue weighted by atomic mass is 35.5. The zero-order valence-corrected chi connectivity index (χ0v) is 15.7. The van der Waals surface area contributed by atoms with Crippen molar-refractivity contribution in [2.75, 3.05) is 6.54 Å². The molecule has 2 aliphatic heterocycles. The van der Waals surface area contributed by atoms with Crippen LogP contribution in [0.4, 0.5) is 0 Å². The van der Waals surface area contributed by atoms with E-state index in [0.29, 0.717) is 24.4 Å². The molecular weight excluding hydrogens is 370 g/mol. The van der Waals surface area contributed by atoms with Gasteiger partial charge in [0.25, 0.3) is 0 Å². The Morgan fingerprint density at radius 1 is 1.23 bits per heavy atom. The van der Waals surface area contributed by atoms with Gasteiger partial charge in [-0.1, -0.05) is 29.8 Å². The number of rotatable bonds is 5. The molecule has 0 radical (unpaired) electrons. The number of carbonyl (C=O) groups excluding carboxylic acids is 2. The average Bonchev–Trinajstić information content (AvgIpc) is 3.29. The molecule has 1 aromatic carbocycles. The summed E-state index contributed by atoms with van der Waals surface area (Å²) in [5.41, 5.74) is 0.984. The number of thiophene rings is 1. The monoisotopic (exact) mass is 389 g/mol. The zero-order chi connectivity index (χ0) is 18.1. The van der Waals surface area contributed by atoms with Crippen molar-refractivity contribution in [3.63, 3.8) is 0 Å². The number of fused-ring (bicyclic) bond motifs is 1. The van der Waals surface area contributed by atoms with Crippen LogP contribution in [0.5, 0.6) is 0 Å². The standard InChI is InChI=1S/C19H20ClN3O2S/c20-13-5-3-12(4-6-13)8-16-19(25)23-11-14(9-17(23)18(24)22-16)21-10-15-2-1-7-26-15/h1-7,14,16-17,21H,8-11H2,(H,22,24)/t14-,16-,17-/m0/s1. The fourth-order valence-corrected chi connectivity index (χ4v) is 4.44. The maximum Gasteiger partial charge on any atom is 0.246 e. The molecule has 1 aromatic heterocycles. The molecule has 136 valence electrons. The predicted octanol–water partition coefficient (Wildman–Crippen LogP) is 2.20. The summed E-state index contributed by atoms with van der Waals surface area (Å²) in [6, 6.07) is 10.8. The molecule has 5 nitrogen and oxygen atoms in total. The average molecular weight is 390 g/mol. The van der Waals surface area contributed by atoms with Crippen molar-refractivity contribution in [2.45, 2.75) is 37.5 Å². The Hall–Kier alpha value is -1.89. The van der Waals surface area contributed by atoms with E-state index in [4.69, 9.17) is 11.6 Å². The van der Waals surface area contributed by atoms with Crippen LogP contribution in [0.2, 0.25) is 5.02 Å². The molecule has 2 aliphatic rings. The van der Waals surface area contributed by atoms with Crippen LogP contribution in [0.25, 0.3) is 0 Å². The molecule has 3 atom stereocenters. The Balaban J connectivity index is 1.40. The third kappa shape index (κ3) is 3.63. The van der Waals surface area contributed by atoms with Gasteiger partial charge in [0.05, 0.1) is 0 Å². The largest absolute Gasteiger partial charge is 0.342 e. The second-order valence-electron chi connectivity index (χ2n) is 6.79. The van der Waals surface area contributed by atoms with Crippen LogP contribution in [-0.2, 0) is 22.6 Å². The third-order valence-corrected chi connectivity index (χ3v) is 6.13. The first-order valence-electron chi connectivity index (χ1n) is 8.71. The molecule has 2 fully saturated rings. The zero-order valence-electron chi connectivity index (χ0n) is 14.2. The molecule has 3 heterocycles. The summed E-state index contributed by atoms with van der Waals surface area (Å²) in [5.74, 6) is -0.0473. The van der Waals surface area contributed by atoms with Crippen LogP contribution in [0.3, 0.4) is 0 Å². The first-order chi connectivity index (χ1) is 12.6. The molecule has 2 amide bonds. The second-order valence-corrected chi connectivity index (χ2v) is 8.26. The van der Waals surface area contributed by atoms with Crippen LogP contribution in [-0.4, -0.2) is 41.4 Å². The van der Waals surface area contributed by atoms with Crippen molar-refractivity contribution in [3.05, 3.63) is 57.2 Å². The molecule has 2 saturated heterocycles. The first-order valence-corrected chi connectivity index (χ1v) is 9.97. The van der Waals surface area contributed by atoms with Crippen molar-refractivity contribution in [2.24, 2.45) is 0 Å². The number of amides is 2. The summed E-state index contributed by atoms with van der Waals surface area (Å²) in [7, 11) is 0. The van der Waals surface area contributed by atoms with Gasteiger partial charge in [-0.15, -0.1) is 11.3 Å². The summed E-state index contributed by atoms with van der Waals surface area (Å²) in [6.45, 7) is 1.35. The molecule has 0 unspecified atom stereocenters. The van der Waals surface area contributed by atoms with Crippen molar-refractivity contribution in [1.82, 2.24) is 15.5 Å². The lowest BCUT2D eigenvalue weighted by molar-refractivity contribution is -0.147. The lowest BCUT2D eigenvalue weighted by atomic mass is 10.0. The van der Waals surface area contributed by atoms with Gasteiger partial charge in [-0.2, -0.15) is 0 Å². The second kappa shape index (κ2) is 7.39. The van der Waals surface area contributed by atoms with Crippen LogP contribution in [0, 0.1) is 0 Å². The van der Waals surface area contributed by atoms with Crippen LogP contribution >= 0.6 is 22.9 Å². The number of nitrogens with zero attached hydrogens (tertiary/aromatic N) is 1. The van der Waals surface area contributed by atoms with Crippen LogP contribution in [0.1, 0.15) is 16.9 Å². The van der Waals surface area contributed by atoms with Gasteiger partial charge in [0.15, 0.2) is 0 Å². The van der Waals surface area contributed by atoms with Gasteiger partial charge in [0, 0.05) is 35.5 Å². The molecule has 0 bridgehead atoms. The molecule has 4 rings (SSSR count). The Morgan fingerprint density at radius 3 is 2.77 bits per heavy atom. The molecule has 7 heteroatoms. The van der Waals surface area contributed by atoms with E-state index in [0.717, 1.165) is 12.1 Å². The van der Waals surface area contributed by atoms with Gasteiger partial charge in [-0.3, -0.25) is 9.59 Å². The van der Waals surface area contributed by atoms with E-state index in [1.54, 1.807) is 28.4 Å². The lowest BCUT2D eigenvalue weighted by Crippen LogP contribution is -2.61. The molecule has 2 aromatic rings. The van der Waals surface area contributed by atoms with E-state index in [1.807, 2.05) is 23.6 Å². The van der Waals surface area contributed by atoms with E-state index in [2.05, 4.69) is 16.7 Å². The third-order valence-electron chi connectivity index (χ3n) is 5.00. The van der Waals surface area contributed by atoms with Gasteiger partial charge in [0.2, 0.25) is 11.8 Å². The van der Waals surface area contributed by atoms with E-state index < -0.39 is 6.04 Å². The number of hydrogen-bond donors (Lipinski definition) is 2. The maximum atomic E-state index is 12.9. The number of halogens is 1. The lowest BCUT2D eigenvalue weighted by Gasteiger charge is -2.34. The summed E-state index contributed by atoms with van der Waals surface area (Å²) in [4.78, 5) is 28.4. The van der Waals surface area contributed by atoms with Gasteiger partial charge in [-0.05, 0) is 35.6 Å².